The molecule has 0 aliphatic heterocycles. The highest BCUT2D eigenvalue weighted by molar-refractivity contribution is 6.18. The van der Waals surface area contributed by atoms with E-state index in [9.17, 15) is 10.1 Å². The maximum Gasteiger partial charge on any atom is 0.273 e. The molecule has 0 saturated carbocycles. The van der Waals surface area contributed by atoms with Gasteiger partial charge in [-0.25, -0.2) is 0 Å². The molecule has 0 saturated heterocycles. The van der Waals surface area contributed by atoms with Gasteiger partial charge < -0.3 is 9.64 Å². The molecule has 0 N–H and O–H groups in total. The quantitative estimate of drug-likeness (QED) is 0.0981. The van der Waals surface area contributed by atoms with E-state index in [1.807, 2.05) is 24.3 Å². The van der Waals surface area contributed by atoms with Crippen LogP contribution < -0.4 is 9.64 Å². The molecule has 9 heteroatoms. The maximum atomic E-state index is 11.0. The molecule has 0 radical (unpaired) electrons. The molecule has 0 atom stereocenters. The molecule has 158 valence electrons. The number of rotatable bonds is 12. The number of hydrogen-bond acceptors (Lipinski definition) is 6. The van der Waals surface area contributed by atoms with Crippen molar-refractivity contribution in [1.29, 1.82) is 0 Å². The van der Waals surface area contributed by atoms with Gasteiger partial charge in [-0.15, -0.1) is 40.7 Å². The first-order chi connectivity index (χ1) is 14.6. The lowest BCUT2D eigenvalue weighted by Crippen LogP contribution is -2.27. The van der Waals surface area contributed by atoms with Gasteiger partial charge >= 0.3 is 0 Å². The summed E-state index contributed by atoms with van der Waals surface area (Å²) in [6.07, 6.45) is 6.43. The number of halogens is 2. The van der Waals surface area contributed by atoms with Crippen molar-refractivity contribution >= 4 is 46.0 Å². The molecule has 2 aromatic carbocycles. The van der Waals surface area contributed by atoms with E-state index in [4.69, 9.17) is 34.4 Å². The Morgan fingerprint density at radius 1 is 1.10 bits per heavy atom. The van der Waals surface area contributed by atoms with Gasteiger partial charge in [-0.1, -0.05) is 0 Å². The smallest absolute Gasteiger partial charge is 0.273 e. The minimum Gasteiger partial charge on any atom is -0.491 e. The van der Waals surface area contributed by atoms with Crippen molar-refractivity contribution in [2.75, 3.05) is 36.4 Å². The third-order valence-electron chi connectivity index (χ3n) is 4.07. The molecule has 0 amide bonds. The van der Waals surface area contributed by atoms with Crippen LogP contribution in [0.2, 0.25) is 0 Å². The van der Waals surface area contributed by atoms with Crippen LogP contribution in [0.3, 0.4) is 0 Å². The maximum absolute atomic E-state index is 11.0. The van der Waals surface area contributed by atoms with Crippen LogP contribution in [0.5, 0.6) is 5.75 Å². The minimum absolute atomic E-state index is 0.0797. The molecular weight excluding hydrogens is 427 g/mol. The molecule has 2 rings (SSSR count). The summed E-state index contributed by atoms with van der Waals surface area (Å²) >= 11 is 11.7. The Morgan fingerprint density at radius 3 is 2.40 bits per heavy atom. The zero-order valence-corrected chi connectivity index (χ0v) is 17.8. The van der Waals surface area contributed by atoms with Gasteiger partial charge in [0.15, 0.2) is 5.75 Å². The number of terminal acetylenes is 1. The second kappa shape index (κ2) is 12.7. The molecule has 30 heavy (non-hydrogen) atoms. The molecule has 0 aliphatic rings. The van der Waals surface area contributed by atoms with E-state index in [-0.39, 0.29) is 11.4 Å². The van der Waals surface area contributed by atoms with E-state index in [1.54, 1.807) is 0 Å². The van der Waals surface area contributed by atoms with Gasteiger partial charge in [0.05, 0.1) is 23.3 Å². The number of hydrogen-bond donors (Lipinski definition) is 0. The number of alkyl halides is 2. The van der Waals surface area contributed by atoms with E-state index in [2.05, 4.69) is 21.0 Å². The summed E-state index contributed by atoms with van der Waals surface area (Å²) in [6.45, 7) is 1.72. The Hall–Kier alpha value is -2.82. The number of anilines is 1. The van der Waals surface area contributed by atoms with E-state index < -0.39 is 4.92 Å². The Balaban J connectivity index is 2.17. The third kappa shape index (κ3) is 7.21. The molecule has 0 aliphatic carbocycles. The van der Waals surface area contributed by atoms with E-state index in [0.717, 1.165) is 5.69 Å². The molecule has 0 bridgehead atoms. The van der Waals surface area contributed by atoms with Crippen molar-refractivity contribution in [3.05, 3.63) is 52.6 Å². The van der Waals surface area contributed by atoms with Gasteiger partial charge in [0.1, 0.15) is 5.69 Å². The molecule has 7 nitrogen and oxygen atoms in total. The Morgan fingerprint density at radius 2 is 1.80 bits per heavy atom. The van der Waals surface area contributed by atoms with E-state index >= 15 is 0 Å². The van der Waals surface area contributed by atoms with Crippen molar-refractivity contribution in [1.82, 2.24) is 0 Å². The summed E-state index contributed by atoms with van der Waals surface area (Å²) in [4.78, 5) is 12.6. The van der Waals surface area contributed by atoms with Crippen molar-refractivity contribution < 1.29 is 9.66 Å². The van der Waals surface area contributed by atoms with Crippen molar-refractivity contribution in [3.8, 4) is 18.1 Å². The normalized spacial score (nSPS) is 10.7. The van der Waals surface area contributed by atoms with Gasteiger partial charge in [-0.2, -0.15) is 5.11 Å². The minimum atomic E-state index is -0.485. The van der Waals surface area contributed by atoms with Crippen LogP contribution in [-0.4, -0.2) is 36.4 Å². The highest BCUT2D eigenvalue weighted by atomic mass is 35.5. The Kier molecular flexibility index (Phi) is 9.92. The number of nitro benzene ring substituents is 1. The van der Waals surface area contributed by atoms with Gasteiger partial charge in [-0.3, -0.25) is 10.1 Å². The summed E-state index contributed by atoms with van der Waals surface area (Å²) in [5, 5.41) is 19.5. The highest BCUT2D eigenvalue weighted by Gasteiger charge is 2.12. The average Bonchev–Trinajstić information content (AvgIpc) is 2.76. The summed E-state index contributed by atoms with van der Waals surface area (Å²) in [5.41, 5.74) is 1.94. The van der Waals surface area contributed by atoms with Crippen LogP contribution in [0, 0.1) is 22.5 Å². The van der Waals surface area contributed by atoms with Gasteiger partial charge in [0.2, 0.25) is 0 Å². The topological polar surface area (TPSA) is 80.3 Å². The predicted molar refractivity (Wildman–Crippen MR) is 121 cm³/mol. The van der Waals surface area contributed by atoms with Crippen LogP contribution in [0.25, 0.3) is 0 Å². The number of nitrogens with zero attached hydrogens (tertiary/aromatic N) is 4. The summed E-state index contributed by atoms with van der Waals surface area (Å²) in [5.74, 6) is 3.82. The average molecular weight is 449 g/mol. The first-order valence-corrected chi connectivity index (χ1v) is 10.4. The van der Waals surface area contributed by atoms with E-state index in [1.165, 1.54) is 18.2 Å². The van der Waals surface area contributed by atoms with Crippen LogP contribution in [0.15, 0.2) is 52.7 Å². The largest absolute Gasteiger partial charge is 0.491 e. The van der Waals surface area contributed by atoms with E-state index in [0.29, 0.717) is 55.7 Å². The number of nitro groups is 1. The molecule has 0 fully saturated rings. The lowest BCUT2D eigenvalue weighted by molar-refractivity contribution is -0.384. The fourth-order valence-electron chi connectivity index (χ4n) is 2.59. The Bertz CT molecular complexity index is 892. The van der Waals surface area contributed by atoms with Gasteiger partial charge in [-0.05, 0) is 36.8 Å². The summed E-state index contributed by atoms with van der Waals surface area (Å²) < 4.78 is 5.64. The zero-order chi connectivity index (χ0) is 21.8. The lowest BCUT2D eigenvalue weighted by atomic mass is 10.2. The standard InChI is InChI=1S/C21H22Cl2N4O3/c1-2-3-4-15-30-21-16-19(27(28)29)9-10-20(21)25-24-17-5-7-18(8-6-17)26(13-11-22)14-12-23/h1,5-10,16H,3-4,11-15H2. The highest BCUT2D eigenvalue weighted by Crippen LogP contribution is 2.33. The number of unbranched alkanes of at least 4 members (excludes halogenated alkanes) is 1. The van der Waals surface area contributed by atoms with Crippen molar-refractivity contribution in [2.24, 2.45) is 10.2 Å². The molecular formula is C21H22Cl2N4O3. The third-order valence-corrected chi connectivity index (χ3v) is 4.41. The molecule has 0 spiro atoms. The molecule has 0 aromatic heterocycles. The number of benzene rings is 2. The van der Waals surface area contributed by atoms with Gasteiger partial charge in [0, 0.05) is 43.0 Å². The fraction of sp³-hybridized carbons (Fsp3) is 0.333. The van der Waals surface area contributed by atoms with Crippen molar-refractivity contribution in [3.63, 3.8) is 0 Å². The van der Waals surface area contributed by atoms with Crippen LogP contribution in [0.1, 0.15) is 12.8 Å². The van der Waals surface area contributed by atoms with Crippen LogP contribution >= 0.6 is 23.2 Å². The summed E-state index contributed by atoms with van der Waals surface area (Å²) in [6, 6.07) is 11.7. The lowest BCUT2D eigenvalue weighted by Gasteiger charge is -2.22. The fourth-order valence-corrected chi connectivity index (χ4v) is 2.99. The second-order valence-corrected chi connectivity index (χ2v) is 6.90. The first-order valence-electron chi connectivity index (χ1n) is 9.32. The second-order valence-electron chi connectivity index (χ2n) is 6.15. The SMILES string of the molecule is C#CCCCOc1cc([N+](=O)[O-])ccc1N=Nc1ccc(N(CCCl)CCCl)cc1. The number of non-ortho nitro benzene ring substituents is 1. The summed E-state index contributed by atoms with van der Waals surface area (Å²) in [7, 11) is 0. The van der Waals surface area contributed by atoms with Crippen molar-refractivity contribution in [2.45, 2.75) is 12.8 Å². The molecule has 0 unspecified atom stereocenters. The van der Waals surface area contributed by atoms with Gasteiger partial charge in [0.25, 0.3) is 5.69 Å². The van der Waals surface area contributed by atoms with Crippen LogP contribution in [0.4, 0.5) is 22.7 Å². The Labute approximate surface area is 185 Å². The zero-order valence-electron chi connectivity index (χ0n) is 16.3. The number of azo groups is 1. The number of ether oxygens (including phenoxy) is 1. The molecule has 2 aromatic rings. The first kappa shape index (κ1) is 23.5. The predicted octanol–water partition coefficient (Wildman–Crippen LogP) is 6.09. The monoisotopic (exact) mass is 448 g/mol. The van der Waals surface area contributed by atoms with Crippen LogP contribution in [-0.2, 0) is 0 Å². The molecule has 0 heterocycles.